The van der Waals surface area contributed by atoms with Gasteiger partial charge >= 0.3 is 0 Å². The number of nitro benzene ring substituents is 1. The molecule has 0 spiro atoms. The molecule has 0 amide bonds. The van der Waals surface area contributed by atoms with E-state index in [1.165, 1.54) is 12.1 Å². The van der Waals surface area contributed by atoms with Crippen molar-refractivity contribution in [2.45, 2.75) is 6.10 Å². The number of hydrogen-bond acceptors (Lipinski definition) is 5. The van der Waals surface area contributed by atoms with E-state index in [4.69, 9.17) is 15.2 Å². The zero-order valence-electron chi connectivity index (χ0n) is 7.88. The minimum absolute atomic E-state index is 0.126. The molecule has 1 saturated heterocycles. The lowest BCUT2D eigenvalue weighted by molar-refractivity contribution is -0.384. The fourth-order valence-corrected chi connectivity index (χ4v) is 1.12. The zero-order valence-corrected chi connectivity index (χ0v) is 7.88. The third-order valence-corrected chi connectivity index (χ3v) is 2.04. The standard InChI is InChI=1S/C9H10N2O4/c10-8-2-1-6(3-9(8)11(12)13)14-4-7-5-15-7/h1-3,7H,4-5,10H2/t7-/m1/s1. The highest BCUT2D eigenvalue weighted by atomic mass is 16.6. The molecule has 1 fully saturated rings. The van der Waals surface area contributed by atoms with E-state index in [9.17, 15) is 10.1 Å². The van der Waals surface area contributed by atoms with E-state index in [1.807, 2.05) is 0 Å². The minimum Gasteiger partial charge on any atom is -0.491 e. The lowest BCUT2D eigenvalue weighted by atomic mass is 10.2. The van der Waals surface area contributed by atoms with Crippen LogP contribution >= 0.6 is 0 Å². The molecule has 0 bridgehead atoms. The summed E-state index contributed by atoms with van der Waals surface area (Å²) in [6, 6.07) is 4.38. The SMILES string of the molecule is Nc1ccc(OC[C@@H]2CO2)cc1[N+](=O)[O-]. The van der Waals surface area contributed by atoms with Crippen molar-refractivity contribution < 1.29 is 14.4 Å². The van der Waals surface area contributed by atoms with Gasteiger partial charge in [-0.1, -0.05) is 0 Å². The number of nitrogens with two attached hydrogens (primary N) is 1. The largest absolute Gasteiger partial charge is 0.491 e. The van der Waals surface area contributed by atoms with E-state index in [-0.39, 0.29) is 17.5 Å². The van der Waals surface area contributed by atoms with E-state index < -0.39 is 4.92 Å². The van der Waals surface area contributed by atoms with Crippen molar-refractivity contribution in [1.29, 1.82) is 0 Å². The lowest BCUT2D eigenvalue weighted by Crippen LogP contribution is -2.04. The van der Waals surface area contributed by atoms with Crippen LogP contribution in [0.2, 0.25) is 0 Å². The molecular weight excluding hydrogens is 200 g/mol. The Morgan fingerprint density at radius 1 is 1.67 bits per heavy atom. The first-order chi connectivity index (χ1) is 7.16. The van der Waals surface area contributed by atoms with Crippen molar-refractivity contribution in [3.8, 4) is 5.75 Å². The zero-order chi connectivity index (χ0) is 10.8. The van der Waals surface area contributed by atoms with Crippen LogP contribution in [0.1, 0.15) is 0 Å². The smallest absolute Gasteiger partial charge is 0.295 e. The van der Waals surface area contributed by atoms with Gasteiger partial charge in [-0.3, -0.25) is 10.1 Å². The van der Waals surface area contributed by atoms with E-state index in [0.29, 0.717) is 19.0 Å². The fraction of sp³-hybridized carbons (Fsp3) is 0.333. The monoisotopic (exact) mass is 210 g/mol. The highest BCUT2D eigenvalue weighted by Crippen LogP contribution is 2.26. The summed E-state index contributed by atoms with van der Waals surface area (Å²) in [6.07, 6.45) is 0.126. The Morgan fingerprint density at radius 3 is 3.00 bits per heavy atom. The summed E-state index contributed by atoms with van der Waals surface area (Å²) in [5.74, 6) is 0.436. The first kappa shape index (κ1) is 9.72. The predicted molar refractivity (Wildman–Crippen MR) is 52.7 cm³/mol. The van der Waals surface area contributed by atoms with Crippen LogP contribution < -0.4 is 10.5 Å². The molecule has 80 valence electrons. The molecule has 1 aromatic rings. The quantitative estimate of drug-likeness (QED) is 0.346. The molecule has 0 radical (unpaired) electrons. The summed E-state index contributed by atoms with van der Waals surface area (Å²) in [4.78, 5) is 10.0. The van der Waals surface area contributed by atoms with Gasteiger partial charge in [0.25, 0.3) is 5.69 Å². The van der Waals surface area contributed by atoms with Crippen LogP contribution in [-0.4, -0.2) is 24.2 Å². The molecule has 6 nitrogen and oxygen atoms in total. The highest BCUT2D eigenvalue weighted by Gasteiger charge is 2.23. The van der Waals surface area contributed by atoms with E-state index in [2.05, 4.69) is 0 Å². The number of epoxide rings is 1. The Bertz CT molecular complexity index is 390. The molecule has 1 aliphatic rings. The molecule has 0 unspecified atom stereocenters. The summed E-state index contributed by atoms with van der Waals surface area (Å²) in [7, 11) is 0. The van der Waals surface area contributed by atoms with Crippen LogP contribution in [-0.2, 0) is 4.74 Å². The van der Waals surface area contributed by atoms with Gasteiger partial charge in [-0.05, 0) is 12.1 Å². The number of nitrogens with zero attached hydrogens (tertiary/aromatic N) is 1. The van der Waals surface area contributed by atoms with Gasteiger partial charge in [-0.15, -0.1) is 0 Å². The van der Waals surface area contributed by atoms with Gasteiger partial charge in [0.1, 0.15) is 24.1 Å². The fourth-order valence-electron chi connectivity index (χ4n) is 1.12. The van der Waals surface area contributed by atoms with Crippen LogP contribution in [0.4, 0.5) is 11.4 Å². The molecule has 0 aromatic heterocycles. The normalized spacial score (nSPS) is 18.5. The number of hydrogen-bond donors (Lipinski definition) is 1. The molecule has 2 N–H and O–H groups in total. The summed E-state index contributed by atoms with van der Waals surface area (Å²) in [5.41, 5.74) is 5.44. The number of anilines is 1. The molecule has 1 aliphatic heterocycles. The second-order valence-corrected chi connectivity index (χ2v) is 3.24. The Balaban J connectivity index is 2.10. The third kappa shape index (κ3) is 2.35. The van der Waals surface area contributed by atoms with Gasteiger partial charge < -0.3 is 15.2 Å². The van der Waals surface area contributed by atoms with Crippen molar-refractivity contribution >= 4 is 11.4 Å². The Morgan fingerprint density at radius 2 is 2.40 bits per heavy atom. The maximum Gasteiger partial charge on any atom is 0.295 e. The molecule has 15 heavy (non-hydrogen) atoms. The summed E-state index contributed by atoms with van der Waals surface area (Å²) >= 11 is 0. The van der Waals surface area contributed by atoms with E-state index in [0.717, 1.165) is 0 Å². The third-order valence-electron chi connectivity index (χ3n) is 2.04. The van der Waals surface area contributed by atoms with Crippen molar-refractivity contribution in [3.05, 3.63) is 28.3 Å². The first-order valence-electron chi connectivity index (χ1n) is 4.45. The van der Waals surface area contributed by atoms with Crippen molar-refractivity contribution in [1.82, 2.24) is 0 Å². The Kier molecular flexibility index (Phi) is 2.42. The summed E-state index contributed by atoms with van der Waals surface area (Å²) < 4.78 is 10.2. The Hall–Kier alpha value is -1.82. The van der Waals surface area contributed by atoms with Gasteiger partial charge in [-0.2, -0.15) is 0 Å². The van der Waals surface area contributed by atoms with Crippen LogP contribution in [0, 0.1) is 10.1 Å². The van der Waals surface area contributed by atoms with Crippen LogP contribution in [0.5, 0.6) is 5.75 Å². The molecule has 0 aliphatic carbocycles. The number of ether oxygens (including phenoxy) is 2. The highest BCUT2D eigenvalue weighted by molar-refractivity contribution is 5.60. The molecule has 6 heteroatoms. The maximum atomic E-state index is 10.6. The number of rotatable bonds is 4. The average molecular weight is 210 g/mol. The van der Waals surface area contributed by atoms with Crippen LogP contribution in [0.3, 0.4) is 0 Å². The summed E-state index contributed by atoms with van der Waals surface area (Å²) in [5, 5.41) is 10.6. The minimum atomic E-state index is -0.532. The van der Waals surface area contributed by atoms with Crippen molar-refractivity contribution in [3.63, 3.8) is 0 Å². The second-order valence-electron chi connectivity index (χ2n) is 3.24. The van der Waals surface area contributed by atoms with Crippen molar-refractivity contribution in [2.24, 2.45) is 0 Å². The van der Waals surface area contributed by atoms with Gasteiger partial charge in [0, 0.05) is 0 Å². The lowest BCUT2D eigenvalue weighted by Gasteiger charge is -2.04. The van der Waals surface area contributed by atoms with E-state index >= 15 is 0 Å². The molecule has 1 atom stereocenters. The molecule has 0 saturated carbocycles. The van der Waals surface area contributed by atoms with Crippen molar-refractivity contribution in [2.75, 3.05) is 18.9 Å². The van der Waals surface area contributed by atoms with Gasteiger partial charge in [-0.25, -0.2) is 0 Å². The summed E-state index contributed by atoms with van der Waals surface area (Å²) in [6.45, 7) is 1.11. The second kappa shape index (κ2) is 3.74. The molecule has 2 rings (SSSR count). The van der Waals surface area contributed by atoms with Crippen LogP contribution in [0.25, 0.3) is 0 Å². The van der Waals surface area contributed by atoms with Gasteiger partial charge in [0.2, 0.25) is 0 Å². The number of nitrogen functional groups attached to an aromatic ring is 1. The first-order valence-corrected chi connectivity index (χ1v) is 4.45. The number of benzene rings is 1. The maximum absolute atomic E-state index is 10.6. The topological polar surface area (TPSA) is 90.9 Å². The Labute approximate surface area is 85.7 Å². The average Bonchev–Trinajstić information content (AvgIpc) is 3.00. The van der Waals surface area contributed by atoms with Gasteiger partial charge in [0.05, 0.1) is 17.6 Å². The molecular formula is C9H10N2O4. The molecule has 1 heterocycles. The van der Waals surface area contributed by atoms with Crippen LogP contribution in [0.15, 0.2) is 18.2 Å². The number of nitro groups is 1. The predicted octanol–water partition coefficient (Wildman–Crippen LogP) is 0.955. The van der Waals surface area contributed by atoms with Gasteiger partial charge in [0.15, 0.2) is 0 Å². The van der Waals surface area contributed by atoms with E-state index in [1.54, 1.807) is 6.07 Å². The molecule has 1 aromatic carbocycles.